The Morgan fingerprint density at radius 1 is 0.250 bits per heavy atom. The van der Waals surface area contributed by atoms with Crippen molar-refractivity contribution in [1.29, 1.82) is 0 Å². The maximum Gasteiger partial charge on any atom is 0.137 e. The van der Waals surface area contributed by atoms with Crippen LogP contribution in [0.1, 0.15) is 0 Å². The van der Waals surface area contributed by atoms with Gasteiger partial charge in [0, 0.05) is 33.9 Å². The zero-order valence-corrected chi connectivity index (χ0v) is 32.9. The van der Waals surface area contributed by atoms with Gasteiger partial charge in [-0.3, -0.25) is 0 Å². The number of para-hydroxylation sites is 1. The number of fused-ring (bicyclic) bond motifs is 4. The van der Waals surface area contributed by atoms with E-state index >= 15 is 0 Å². The predicted octanol–water partition coefficient (Wildman–Crippen LogP) is 16.5. The van der Waals surface area contributed by atoms with Crippen LogP contribution in [0.2, 0.25) is 0 Å². The van der Waals surface area contributed by atoms with Gasteiger partial charge < -0.3 is 9.32 Å². The average Bonchev–Trinajstić information content (AvgIpc) is 3.70. The van der Waals surface area contributed by atoms with E-state index in [1.807, 2.05) is 12.1 Å². The zero-order chi connectivity index (χ0) is 39.8. The second-order valence-corrected chi connectivity index (χ2v) is 15.3. The van der Waals surface area contributed by atoms with Crippen LogP contribution < -0.4 is 4.90 Å². The van der Waals surface area contributed by atoms with E-state index in [2.05, 4.69) is 229 Å². The fourth-order valence-corrected chi connectivity index (χ4v) is 8.78. The van der Waals surface area contributed by atoms with E-state index < -0.39 is 0 Å². The fraction of sp³-hybridized carbons (Fsp3) is 0. The molecule has 0 aliphatic rings. The molecule has 0 amide bonds. The highest BCUT2D eigenvalue weighted by Crippen LogP contribution is 2.42. The van der Waals surface area contributed by atoms with Crippen LogP contribution in [0.15, 0.2) is 241 Å². The zero-order valence-electron chi connectivity index (χ0n) is 32.9. The minimum Gasteiger partial charge on any atom is -0.456 e. The molecule has 0 spiro atoms. The van der Waals surface area contributed by atoms with Crippen LogP contribution >= 0.6 is 0 Å². The molecule has 1 aromatic heterocycles. The summed E-state index contributed by atoms with van der Waals surface area (Å²) in [4.78, 5) is 2.32. The molecule has 0 bridgehead atoms. The van der Waals surface area contributed by atoms with Crippen molar-refractivity contribution in [2.24, 2.45) is 0 Å². The van der Waals surface area contributed by atoms with Gasteiger partial charge in [0.2, 0.25) is 0 Å². The van der Waals surface area contributed by atoms with Crippen LogP contribution in [-0.2, 0) is 0 Å². The normalized spacial score (nSPS) is 11.3. The van der Waals surface area contributed by atoms with Crippen molar-refractivity contribution < 1.29 is 4.42 Å². The van der Waals surface area contributed by atoms with Crippen molar-refractivity contribution in [1.82, 2.24) is 0 Å². The summed E-state index contributed by atoms with van der Waals surface area (Å²) in [6, 6.07) is 84.8. The minimum absolute atomic E-state index is 0.865. The van der Waals surface area contributed by atoms with Crippen LogP contribution in [0.3, 0.4) is 0 Å². The summed E-state index contributed by atoms with van der Waals surface area (Å²) >= 11 is 0. The number of nitrogens with zero attached hydrogens (tertiary/aromatic N) is 1. The largest absolute Gasteiger partial charge is 0.456 e. The lowest BCUT2D eigenvalue weighted by atomic mass is 9.89. The van der Waals surface area contributed by atoms with Crippen molar-refractivity contribution in [3.05, 3.63) is 237 Å². The van der Waals surface area contributed by atoms with Gasteiger partial charge in [0.1, 0.15) is 11.2 Å². The van der Waals surface area contributed by atoms with E-state index in [1.165, 1.54) is 60.8 Å². The van der Waals surface area contributed by atoms with Crippen molar-refractivity contribution in [3.63, 3.8) is 0 Å². The lowest BCUT2D eigenvalue weighted by Crippen LogP contribution is -2.09. The molecule has 0 aliphatic carbocycles. The third-order valence-corrected chi connectivity index (χ3v) is 11.7. The Labute approximate surface area is 349 Å². The molecule has 2 nitrogen and oxygen atoms in total. The number of rotatable bonds is 8. The molecule has 0 saturated carbocycles. The third kappa shape index (κ3) is 6.41. The Bertz CT molecular complexity index is 3290. The van der Waals surface area contributed by atoms with Gasteiger partial charge in [0.15, 0.2) is 0 Å². The number of hydrogen-bond acceptors (Lipinski definition) is 2. The molecule has 0 saturated heterocycles. The topological polar surface area (TPSA) is 16.4 Å². The predicted molar refractivity (Wildman–Crippen MR) is 253 cm³/mol. The molecule has 1 heterocycles. The van der Waals surface area contributed by atoms with Crippen LogP contribution in [0.25, 0.3) is 88.3 Å². The monoisotopic (exact) mass is 765 g/mol. The molecule has 0 aliphatic heterocycles. The SMILES string of the molecule is c1ccc(-c2ccccc2-c2ccccc2-c2ccc(N(c3ccc(-c4ccc5c(-c6ccccc6)cccc5c4)cc3)c3ccc4c(c3)oc3ccccc34)cc2)cc1. The van der Waals surface area contributed by atoms with Crippen molar-refractivity contribution in [2.45, 2.75) is 0 Å². The van der Waals surface area contributed by atoms with E-state index in [-0.39, 0.29) is 0 Å². The molecule has 11 aromatic rings. The van der Waals surface area contributed by atoms with E-state index in [4.69, 9.17) is 4.42 Å². The fourth-order valence-electron chi connectivity index (χ4n) is 8.78. The van der Waals surface area contributed by atoms with Gasteiger partial charge in [-0.05, 0) is 115 Å². The first-order chi connectivity index (χ1) is 29.7. The lowest BCUT2D eigenvalue weighted by molar-refractivity contribution is 0.669. The molecular formula is C58H39NO. The highest BCUT2D eigenvalue weighted by Gasteiger charge is 2.18. The Morgan fingerprint density at radius 2 is 0.717 bits per heavy atom. The second-order valence-electron chi connectivity index (χ2n) is 15.3. The first-order valence-corrected chi connectivity index (χ1v) is 20.5. The second kappa shape index (κ2) is 15.1. The summed E-state index contributed by atoms with van der Waals surface area (Å²) in [5, 5.41) is 4.71. The Hall–Kier alpha value is -7.94. The molecule has 11 rings (SSSR count). The third-order valence-electron chi connectivity index (χ3n) is 11.7. The number of hydrogen-bond donors (Lipinski definition) is 0. The minimum atomic E-state index is 0.865. The molecule has 0 N–H and O–H groups in total. The molecule has 0 radical (unpaired) electrons. The maximum atomic E-state index is 6.41. The summed E-state index contributed by atoms with van der Waals surface area (Å²) < 4.78 is 6.41. The molecule has 10 aromatic carbocycles. The van der Waals surface area contributed by atoms with Crippen molar-refractivity contribution in [2.75, 3.05) is 4.90 Å². The summed E-state index contributed by atoms with van der Waals surface area (Å²) in [5.74, 6) is 0. The van der Waals surface area contributed by atoms with Gasteiger partial charge in [-0.1, -0.05) is 182 Å². The number of anilines is 3. The molecule has 282 valence electrons. The van der Waals surface area contributed by atoms with E-state index in [9.17, 15) is 0 Å². The number of furan rings is 1. The van der Waals surface area contributed by atoms with Gasteiger partial charge in [0.25, 0.3) is 0 Å². The summed E-state index contributed by atoms with van der Waals surface area (Å²) in [7, 11) is 0. The van der Waals surface area contributed by atoms with Crippen molar-refractivity contribution in [3.8, 4) is 55.6 Å². The average molecular weight is 766 g/mol. The van der Waals surface area contributed by atoms with Gasteiger partial charge >= 0.3 is 0 Å². The summed E-state index contributed by atoms with van der Waals surface area (Å²) in [5.41, 5.74) is 16.9. The van der Waals surface area contributed by atoms with E-state index in [0.29, 0.717) is 0 Å². The van der Waals surface area contributed by atoms with Crippen LogP contribution in [0.4, 0.5) is 17.1 Å². The van der Waals surface area contributed by atoms with Crippen LogP contribution in [0, 0.1) is 0 Å². The quantitative estimate of drug-likeness (QED) is 0.153. The number of benzene rings is 10. The summed E-state index contributed by atoms with van der Waals surface area (Å²) in [6.45, 7) is 0. The van der Waals surface area contributed by atoms with Gasteiger partial charge in [-0.2, -0.15) is 0 Å². The molecule has 60 heavy (non-hydrogen) atoms. The standard InChI is InChI=1S/C58H39NO/c1-3-14-41(15-4-1)49-24-13-18-45-38-44(30-36-52(45)49)40-26-31-46(32-27-40)59(48-35-37-56-55-23-11-12-25-57(55)60-58(56)39-48)47-33-28-43(29-34-47)51-20-8-10-22-54(51)53-21-9-7-19-50(53)42-16-5-2-6-17-42/h1-39H. The molecule has 0 unspecified atom stereocenters. The lowest BCUT2D eigenvalue weighted by Gasteiger charge is -2.26. The highest BCUT2D eigenvalue weighted by molar-refractivity contribution is 6.06. The summed E-state index contributed by atoms with van der Waals surface area (Å²) in [6.07, 6.45) is 0. The van der Waals surface area contributed by atoms with Crippen LogP contribution in [0.5, 0.6) is 0 Å². The molecule has 2 heteroatoms. The van der Waals surface area contributed by atoms with E-state index in [0.717, 1.165) is 44.6 Å². The molecule has 0 fully saturated rings. The van der Waals surface area contributed by atoms with Gasteiger partial charge in [-0.15, -0.1) is 0 Å². The maximum absolute atomic E-state index is 6.41. The smallest absolute Gasteiger partial charge is 0.137 e. The Balaban J connectivity index is 0.982. The molecule has 0 atom stereocenters. The van der Waals surface area contributed by atoms with Crippen molar-refractivity contribution >= 4 is 49.8 Å². The molecular weight excluding hydrogens is 727 g/mol. The van der Waals surface area contributed by atoms with Crippen LogP contribution in [-0.4, -0.2) is 0 Å². The van der Waals surface area contributed by atoms with Gasteiger partial charge in [-0.25, -0.2) is 0 Å². The first kappa shape index (κ1) is 35.2. The van der Waals surface area contributed by atoms with E-state index in [1.54, 1.807) is 0 Å². The van der Waals surface area contributed by atoms with Gasteiger partial charge in [0.05, 0.1) is 0 Å². The Kier molecular flexibility index (Phi) is 8.87. The Morgan fingerprint density at radius 3 is 1.38 bits per heavy atom. The first-order valence-electron chi connectivity index (χ1n) is 20.5. The highest BCUT2D eigenvalue weighted by atomic mass is 16.3.